The van der Waals surface area contributed by atoms with Gasteiger partial charge in [-0.1, -0.05) is 54.6 Å². The maximum absolute atomic E-state index is 11.5. The first kappa shape index (κ1) is 65.2. The van der Waals surface area contributed by atoms with Gasteiger partial charge in [-0.3, -0.25) is 13.8 Å². The fourth-order valence-corrected chi connectivity index (χ4v) is 11.4. The molecule has 90 heavy (non-hydrogen) atoms. The van der Waals surface area contributed by atoms with Crippen molar-refractivity contribution in [1.29, 1.82) is 0 Å². The molecule has 6 aromatic heterocycles. The van der Waals surface area contributed by atoms with Gasteiger partial charge in [-0.15, -0.1) is 0 Å². The zero-order chi connectivity index (χ0) is 63.3. The summed E-state index contributed by atoms with van der Waals surface area (Å²) in [5.41, 5.74) is 17.5. The molecule has 20 nitrogen and oxygen atoms in total. The molecule has 0 atom stereocenters. The molecular formula is C68H68N9NaO11S. The van der Waals surface area contributed by atoms with Gasteiger partial charge >= 0.3 is 41.5 Å². The molecule has 0 fully saturated rings. The second kappa shape index (κ2) is 28.1. The van der Waals surface area contributed by atoms with Crippen LogP contribution in [0.15, 0.2) is 153 Å². The molecule has 0 bridgehead atoms. The van der Waals surface area contributed by atoms with Gasteiger partial charge < -0.3 is 57.7 Å². The predicted molar refractivity (Wildman–Crippen MR) is 343 cm³/mol. The molecule has 5 N–H and O–H groups in total. The third kappa shape index (κ3) is 14.7. The number of rotatable bonds is 17. The number of benzene rings is 3. The van der Waals surface area contributed by atoms with Crippen LogP contribution in [0.2, 0.25) is 0 Å². The Morgan fingerprint density at radius 2 is 1.20 bits per heavy atom. The average molecular weight is 1240 g/mol. The topological polar surface area (TPSA) is 268 Å². The molecule has 3 aliphatic heterocycles. The number of aromatic amines is 4. The number of aliphatic carboxylic acids is 1. The molecule has 9 aromatic rings. The first-order valence-electron chi connectivity index (χ1n) is 28.5. The Morgan fingerprint density at radius 1 is 0.644 bits per heavy atom. The van der Waals surface area contributed by atoms with Gasteiger partial charge in [0.25, 0.3) is 0 Å². The molecule has 9 heterocycles. The van der Waals surface area contributed by atoms with Crippen molar-refractivity contribution in [3.05, 3.63) is 227 Å². The largest absolute Gasteiger partial charge is 1.00 e. The Bertz CT molecular complexity index is 4810. The normalized spacial score (nSPS) is 15.0. The summed E-state index contributed by atoms with van der Waals surface area (Å²) in [4.78, 5) is 50.7. The number of nitrogens with one attached hydrogen (secondary N) is 4. The molecule has 0 radical (unpaired) electrons. The second-order valence-electron chi connectivity index (χ2n) is 21.5. The third-order valence-corrected chi connectivity index (χ3v) is 15.8. The zero-order valence-electron chi connectivity index (χ0n) is 52.0. The van der Waals surface area contributed by atoms with E-state index >= 15 is 0 Å². The van der Waals surface area contributed by atoms with Crippen LogP contribution >= 0.6 is 0 Å². The van der Waals surface area contributed by atoms with Crippen molar-refractivity contribution in [3.8, 4) is 5.75 Å². The summed E-state index contributed by atoms with van der Waals surface area (Å²) in [7, 11) is 1.52. The van der Waals surface area contributed by atoms with Gasteiger partial charge in [0.05, 0.1) is 79.6 Å². The number of aliphatic imine (C=N–C) groups is 2. The van der Waals surface area contributed by atoms with E-state index in [1.807, 2.05) is 154 Å². The summed E-state index contributed by atoms with van der Waals surface area (Å²) in [6.45, 7) is 11.9. The number of carboxylic acids is 1. The molecule has 0 spiro atoms. The van der Waals surface area contributed by atoms with Crippen molar-refractivity contribution in [3.63, 3.8) is 0 Å². The number of allylic oxidation sites excluding steroid dienone is 2. The average Bonchev–Trinajstić information content (AvgIpc) is 1.65. The van der Waals surface area contributed by atoms with Crippen LogP contribution in [0.1, 0.15) is 74.2 Å². The monoisotopic (exact) mass is 1240 g/mol. The van der Waals surface area contributed by atoms with Crippen molar-refractivity contribution in [2.45, 2.75) is 67.5 Å². The summed E-state index contributed by atoms with van der Waals surface area (Å²) >= 11 is 0. The van der Waals surface area contributed by atoms with Gasteiger partial charge in [-0.25, -0.2) is 23.4 Å². The summed E-state index contributed by atoms with van der Waals surface area (Å²) in [6.07, 6.45) is 12.7. The number of methoxy groups -OCH3 is 4. The van der Waals surface area contributed by atoms with Crippen molar-refractivity contribution in [1.82, 2.24) is 29.1 Å². The van der Waals surface area contributed by atoms with E-state index in [-0.39, 0.29) is 55.2 Å². The Labute approximate surface area is 542 Å². The van der Waals surface area contributed by atoms with Gasteiger partial charge in [0.2, 0.25) is 10.4 Å². The number of hydrogen-bond donors (Lipinski definition) is 5. The van der Waals surface area contributed by atoms with Gasteiger partial charge in [0.1, 0.15) is 35.2 Å². The fraction of sp³-hybridized carbons (Fsp3) is 0.221. The first-order valence-corrected chi connectivity index (χ1v) is 29.9. The summed E-state index contributed by atoms with van der Waals surface area (Å²) < 4.78 is 62.1. The van der Waals surface area contributed by atoms with Crippen LogP contribution in [-0.2, 0) is 57.9 Å². The van der Waals surface area contributed by atoms with Crippen molar-refractivity contribution >= 4 is 85.6 Å². The predicted octanol–water partition coefficient (Wildman–Crippen LogP) is 5.61. The van der Waals surface area contributed by atoms with Gasteiger partial charge in [-0.2, -0.15) is 0 Å². The molecule has 3 aromatic carbocycles. The Balaban J connectivity index is 0.000000159. The van der Waals surface area contributed by atoms with Crippen LogP contribution in [0.25, 0.3) is 51.8 Å². The van der Waals surface area contributed by atoms with Crippen molar-refractivity contribution in [2.24, 2.45) is 15.0 Å². The number of H-pyrrole nitrogens is 4. The molecule has 0 aliphatic carbocycles. The Kier molecular flexibility index (Phi) is 20.4. The minimum Gasteiger partial charge on any atom is -0.726 e. The number of carboxylic acid groups (broad SMARTS) is 1. The van der Waals surface area contributed by atoms with Crippen LogP contribution < -0.4 is 55.6 Å². The van der Waals surface area contributed by atoms with E-state index in [4.69, 9.17) is 33.9 Å². The summed E-state index contributed by atoms with van der Waals surface area (Å²) in [5, 5.41) is 15.2. The molecule has 12 rings (SSSR count). The number of esters is 1. The molecule has 0 amide bonds. The van der Waals surface area contributed by atoms with E-state index in [1.165, 1.54) is 7.11 Å². The summed E-state index contributed by atoms with van der Waals surface area (Å²) in [5.74, 6) is 0.918. The minimum absolute atomic E-state index is 0. The van der Waals surface area contributed by atoms with E-state index in [0.717, 1.165) is 122 Å². The fourth-order valence-electron chi connectivity index (χ4n) is 11.2. The van der Waals surface area contributed by atoms with Crippen LogP contribution in [-0.4, -0.2) is 106 Å². The number of hydrogen-bond acceptors (Lipinski definition) is 13. The van der Waals surface area contributed by atoms with E-state index in [9.17, 15) is 27.7 Å². The third-order valence-electron chi connectivity index (χ3n) is 15.4. The van der Waals surface area contributed by atoms with E-state index < -0.39 is 16.4 Å². The first-order chi connectivity index (χ1) is 42.7. The van der Waals surface area contributed by atoms with Gasteiger partial charge in [0.15, 0.2) is 0 Å². The molecule has 22 heteroatoms. The molecule has 3 aliphatic rings. The number of para-hydroxylation sites is 3. The molecule has 458 valence electrons. The number of fused-ring (bicyclic) bond motifs is 3. The second-order valence-corrected chi connectivity index (χ2v) is 22.5. The van der Waals surface area contributed by atoms with Crippen LogP contribution in [0.5, 0.6) is 5.75 Å². The Morgan fingerprint density at radius 3 is 1.72 bits per heavy atom. The smallest absolute Gasteiger partial charge is 0.726 e. The van der Waals surface area contributed by atoms with Gasteiger partial charge in [-0.05, 0) is 137 Å². The van der Waals surface area contributed by atoms with Crippen LogP contribution in [0, 0.1) is 41.5 Å². The van der Waals surface area contributed by atoms with Crippen LogP contribution in [0.3, 0.4) is 0 Å². The van der Waals surface area contributed by atoms with Crippen molar-refractivity contribution in [2.75, 3.05) is 35.0 Å². The maximum Gasteiger partial charge on any atom is 1.00 e. The minimum atomic E-state index is -4.76. The number of carbonyl (C=O) groups excluding carboxylic acids is 1. The number of ether oxygens (including phenoxy) is 4. The molecule has 0 unspecified atom stereocenters. The summed E-state index contributed by atoms with van der Waals surface area (Å²) in [6, 6.07) is 33.5. The molecular weight excluding hydrogens is 1170 g/mol. The van der Waals surface area contributed by atoms with Crippen LogP contribution in [0.4, 0.5) is 0 Å². The Hall–Kier alpha value is -9.22. The SMILES string of the molecule is COC(=O)CCc1c(C)[nH]c(/C=c2\[nH]c(=C3C=c4ccccc4=N3)cc2OC)c1C.COC1=CC(c2cc3ccccc3n2CC(=O)O)=N/C1=C\c1[nH]c(C)cc1C.COC1=CC(c2cc3ccccc3n2CCOS(=O)(=O)[O-])=N/C1=C\c1[nH]c(C)cc1C.[Na+]. The van der Waals surface area contributed by atoms with E-state index in [2.05, 4.69) is 55.3 Å². The number of carbonyl (C=O) groups is 2. The zero-order valence-corrected chi connectivity index (χ0v) is 54.8. The van der Waals surface area contributed by atoms with E-state index in [1.54, 1.807) is 25.9 Å². The quantitative estimate of drug-likeness (QED) is 0.0324. The van der Waals surface area contributed by atoms with E-state index in [0.29, 0.717) is 47.2 Å². The number of nitrogens with zero attached hydrogens (tertiary/aromatic N) is 5. The molecule has 0 saturated carbocycles. The molecule has 0 saturated heterocycles. The number of aromatic nitrogens is 6. The standard InChI is InChI=1S/C24H25N3O3.C22H23N3O5S.C22H21N3O3.Na/c1-14-17(9-10-24(28)30-4)15(2)25-19(14)12-22-23(29-3)13-21(27-22)20-11-16-7-5-6-8-18(16)26-20;1-14-10-15(2)23-17(14)12-19-22(29-3)13-18(24-19)21-11-16-6-4-5-7-20(16)25(21)8-9-30-31(26,27)28;1-13-8-14(2)23-16(13)10-18-21(28-3)11-17(24-18)20-9-15-6-4-5-7-19(15)25(20)12-22(26)27;/h5-8,11-13,25,27H,9-10H2,1-4H3;4-7,10-13,23H,8-9H2,1-3H3,(H,26,27,28);4-11,23H,12H2,1-3H3,(H,26,27);/q;;;+1/p-1/b21-20?,22-12-;19-12-;18-10-;. The maximum atomic E-state index is 11.5. The van der Waals surface area contributed by atoms with Crippen molar-refractivity contribution < 1.29 is 80.4 Å². The number of aryl methyl sites for hydroxylation is 5. The van der Waals surface area contributed by atoms with Gasteiger partial charge in [0, 0.05) is 92.4 Å².